The number of hydrogen-bond donors (Lipinski definition) is 2. The van der Waals surface area contributed by atoms with Gasteiger partial charge >= 0.3 is 5.69 Å². The number of aromatic amines is 1. The summed E-state index contributed by atoms with van der Waals surface area (Å²) in [6, 6.07) is 9.99. The van der Waals surface area contributed by atoms with Crippen molar-refractivity contribution in [1.82, 2.24) is 19.1 Å². The average Bonchev–Trinajstić information content (AvgIpc) is 3.07. The van der Waals surface area contributed by atoms with Gasteiger partial charge in [-0.2, -0.15) is 0 Å². The second-order valence-electron chi connectivity index (χ2n) is 5.93. The molecule has 0 aliphatic heterocycles. The molecule has 2 N–H and O–H groups in total. The third kappa shape index (κ3) is 1.93. The van der Waals surface area contributed by atoms with Gasteiger partial charge in [0.2, 0.25) is 0 Å². The minimum Gasteiger partial charge on any atom is -0.396 e. The molecule has 0 atom stereocenters. The zero-order valence-corrected chi connectivity index (χ0v) is 13.6. The molecular weight excluding hydrogens is 304 g/mol. The van der Waals surface area contributed by atoms with Crippen LogP contribution in [0.1, 0.15) is 5.69 Å². The lowest BCUT2D eigenvalue weighted by molar-refractivity contribution is 0.298. The Bertz CT molecular complexity index is 1100. The molecule has 4 aromatic rings. The number of imidazole rings is 1. The normalized spacial score (nSPS) is 11.6. The maximum absolute atomic E-state index is 12.4. The van der Waals surface area contributed by atoms with Gasteiger partial charge in [-0.1, -0.05) is 30.3 Å². The van der Waals surface area contributed by atoms with Crippen LogP contribution in [0.4, 0.5) is 0 Å². The number of benzene rings is 1. The van der Waals surface area contributed by atoms with E-state index in [9.17, 15) is 9.90 Å². The molecule has 0 aliphatic rings. The van der Waals surface area contributed by atoms with Gasteiger partial charge in [0.15, 0.2) is 0 Å². The molecule has 24 heavy (non-hydrogen) atoms. The Kier molecular flexibility index (Phi) is 3.28. The Morgan fingerprint density at radius 3 is 2.62 bits per heavy atom. The van der Waals surface area contributed by atoms with Gasteiger partial charge in [-0.25, -0.2) is 9.78 Å². The van der Waals surface area contributed by atoms with E-state index >= 15 is 0 Å². The SMILES string of the molecule is Cn1c(=O)n(C)c2c3c(-c4ccccc4)c(CCO)[nH]c3ncc21. The minimum absolute atomic E-state index is 0.0452. The number of aliphatic hydroxyl groups excluding tert-OH is 1. The maximum atomic E-state index is 12.4. The number of nitrogens with zero attached hydrogens (tertiary/aromatic N) is 3. The van der Waals surface area contributed by atoms with Crippen molar-refractivity contribution in [3.8, 4) is 11.1 Å². The van der Waals surface area contributed by atoms with Crippen LogP contribution in [0.15, 0.2) is 41.3 Å². The molecule has 0 radical (unpaired) electrons. The Morgan fingerprint density at radius 2 is 1.92 bits per heavy atom. The van der Waals surface area contributed by atoms with E-state index in [-0.39, 0.29) is 12.3 Å². The summed E-state index contributed by atoms with van der Waals surface area (Å²) >= 11 is 0. The summed E-state index contributed by atoms with van der Waals surface area (Å²) < 4.78 is 3.26. The number of pyridine rings is 1. The van der Waals surface area contributed by atoms with Gasteiger partial charge in [0.05, 0.1) is 22.6 Å². The van der Waals surface area contributed by atoms with Crippen LogP contribution in [0.5, 0.6) is 0 Å². The van der Waals surface area contributed by atoms with Gasteiger partial charge in [0.1, 0.15) is 5.65 Å². The van der Waals surface area contributed by atoms with Gasteiger partial charge in [-0.05, 0) is 5.56 Å². The molecule has 0 unspecified atom stereocenters. The van der Waals surface area contributed by atoms with Gasteiger partial charge in [-0.3, -0.25) is 9.13 Å². The molecule has 122 valence electrons. The predicted octanol–water partition coefficient (Wildman–Crippen LogP) is 1.96. The first-order valence-corrected chi connectivity index (χ1v) is 7.84. The van der Waals surface area contributed by atoms with Gasteiger partial charge < -0.3 is 10.1 Å². The fourth-order valence-corrected chi connectivity index (χ4v) is 3.41. The Labute approximate surface area is 138 Å². The fraction of sp³-hybridized carbons (Fsp3) is 0.222. The zero-order chi connectivity index (χ0) is 16.8. The molecule has 0 spiro atoms. The molecule has 6 heteroatoms. The third-order valence-corrected chi connectivity index (χ3v) is 4.55. The van der Waals surface area contributed by atoms with E-state index in [0.717, 1.165) is 38.9 Å². The first-order chi connectivity index (χ1) is 11.6. The number of aryl methyl sites for hydroxylation is 2. The maximum Gasteiger partial charge on any atom is 0.328 e. The molecule has 0 saturated carbocycles. The van der Waals surface area contributed by atoms with Crippen molar-refractivity contribution < 1.29 is 5.11 Å². The van der Waals surface area contributed by atoms with Crippen LogP contribution in [0.2, 0.25) is 0 Å². The summed E-state index contributed by atoms with van der Waals surface area (Å²) in [6.45, 7) is 0.0452. The molecule has 3 aromatic heterocycles. The molecule has 6 nitrogen and oxygen atoms in total. The van der Waals surface area contributed by atoms with Crippen LogP contribution in [-0.2, 0) is 20.5 Å². The topological polar surface area (TPSA) is 75.8 Å². The van der Waals surface area contributed by atoms with Crippen molar-refractivity contribution in [2.75, 3.05) is 6.61 Å². The molecule has 0 bridgehead atoms. The number of aliphatic hydroxyl groups is 1. The first-order valence-electron chi connectivity index (χ1n) is 7.84. The molecule has 0 aliphatic carbocycles. The zero-order valence-electron chi connectivity index (χ0n) is 13.6. The molecule has 0 saturated heterocycles. The summed E-state index contributed by atoms with van der Waals surface area (Å²) in [5, 5.41) is 10.4. The summed E-state index contributed by atoms with van der Waals surface area (Å²) in [6.07, 6.45) is 2.22. The number of H-pyrrole nitrogens is 1. The third-order valence-electron chi connectivity index (χ3n) is 4.55. The second kappa shape index (κ2) is 5.35. The Balaban J connectivity index is 2.22. The molecule has 1 aromatic carbocycles. The van der Waals surface area contributed by atoms with E-state index in [0.29, 0.717) is 6.42 Å². The van der Waals surface area contributed by atoms with Crippen molar-refractivity contribution in [1.29, 1.82) is 0 Å². The van der Waals surface area contributed by atoms with Crippen molar-refractivity contribution in [3.63, 3.8) is 0 Å². The van der Waals surface area contributed by atoms with E-state index in [2.05, 4.69) is 9.97 Å². The number of rotatable bonds is 3. The lowest BCUT2D eigenvalue weighted by atomic mass is 10.0. The van der Waals surface area contributed by atoms with E-state index in [1.807, 2.05) is 30.3 Å². The van der Waals surface area contributed by atoms with E-state index < -0.39 is 0 Å². The summed E-state index contributed by atoms with van der Waals surface area (Å²) in [4.78, 5) is 20.2. The highest BCUT2D eigenvalue weighted by Gasteiger charge is 2.20. The highest BCUT2D eigenvalue weighted by molar-refractivity contribution is 6.10. The predicted molar refractivity (Wildman–Crippen MR) is 94.0 cm³/mol. The first kappa shape index (κ1) is 14.7. The van der Waals surface area contributed by atoms with Gasteiger partial charge in [0, 0.05) is 38.4 Å². The van der Waals surface area contributed by atoms with Crippen LogP contribution in [0, 0.1) is 0 Å². The summed E-state index contributed by atoms with van der Waals surface area (Å²) in [5.74, 6) is 0. The summed E-state index contributed by atoms with van der Waals surface area (Å²) in [7, 11) is 3.53. The second-order valence-corrected chi connectivity index (χ2v) is 5.93. The van der Waals surface area contributed by atoms with Crippen molar-refractivity contribution in [2.24, 2.45) is 14.1 Å². The quantitative estimate of drug-likeness (QED) is 0.605. The molecule has 0 amide bonds. The van der Waals surface area contributed by atoms with Crippen LogP contribution in [0.25, 0.3) is 33.2 Å². The van der Waals surface area contributed by atoms with Crippen LogP contribution >= 0.6 is 0 Å². The summed E-state index contributed by atoms with van der Waals surface area (Å²) in [5.41, 5.74) is 5.26. The van der Waals surface area contributed by atoms with Crippen LogP contribution < -0.4 is 5.69 Å². The number of nitrogens with one attached hydrogen (secondary N) is 1. The minimum atomic E-state index is -0.0804. The highest BCUT2D eigenvalue weighted by atomic mass is 16.3. The number of hydrogen-bond acceptors (Lipinski definition) is 3. The molecule has 3 heterocycles. The van der Waals surface area contributed by atoms with Crippen molar-refractivity contribution in [3.05, 3.63) is 52.7 Å². The van der Waals surface area contributed by atoms with Gasteiger partial charge in [0.25, 0.3) is 0 Å². The standard InChI is InChI=1S/C18H18N4O2/c1-21-13-10-19-17-15(16(13)22(2)18(21)24)14(12(20-17)8-9-23)11-6-4-3-5-7-11/h3-7,10,23H,8-9H2,1-2H3,(H,19,20). The fourth-order valence-electron chi connectivity index (χ4n) is 3.41. The Morgan fingerprint density at radius 1 is 1.17 bits per heavy atom. The van der Waals surface area contributed by atoms with Crippen LogP contribution in [0.3, 0.4) is 0 Å². The van der Waals surface area contributed by atoms with E-state index in [4.69, 9.17) is 0 Å². The lowest BCUT2D eigenvalue weighted by Crippen LogP contribution is -2.19. The lowest BCUT2D eigenvalue weighted by Gasteiger charge is -2.05. The van der Waals surface area contributed by atoms with E-state index in [1.54, 1.807) is 29.4 Å². The smallest absolute Gasteiger partial charge is 0.328 e. The number of aromatic nitrogens is 4. The molecule has 4 rings (SSSR count). The Hall–Kier alpha value is -2.86. The number of fused-ring (bicyclic) bond motifs is 3. The molecule has 0 fully saturated rings. The van der Waals surface area contributed by atoms with E-state index in [1.165, 1.54) is 0 Å². The van der Waals surface area contributed by atoms with Gasteiger partial charge in [-0.15, -0.1) is 0 Å². The average molecular weight is 322 g/mol. The van der Waals surface area contributed by atoms with Crippen molar-refractivity contribution >= 4 is 22.1 Å². The largest absolute Gasteiger partial charge is 0.396 e. The van der Waals surface area contributed by atoms with Crippen LogP contribution in [-0.4, -0.2) is 30.8 Å². The monoisotopic (exact) mass is 322 g/mol. The molecular formula is C18H18N4O2. The van der Waals surface area contributed by atoms with Crippen molar-refractivity contribution in [2.45, 2.75) is 6.42 Å². The highest BCUT2D eigenvalue weighted by Crippen LogP contribution is 2.35.